The number of allylic oxidation sites excluding steroid dienone is 1. The lowest BCUT2D eigenvalue weighted by Crippen LogP contribution is -1.76. The molecule has 0 aliphatic carbocycles. The van der Waals surface area contributed by atoms with Crippen molar-refractivity contribution >= 4 is 28.3 Å². The SMILES string of the molecule is O=CCC=Cc1ccc(Br)nc1. The van der Waals surface area contributed by atoms with Crippen LogP contribution in [0, 0.1) is 0 Å². The number of aldehydes is 1. The van der Waals surface area contributed by atoms with Crippen molar-refractivity contribution in [3.05, 3.63) is 34.6 Å². The van der Waals surface area contributed by atoms with Crippen LogP contribution >= 0.6 is 15.9 Å². The van der Waals surface area contributed by atoms with Gasteiger partial charge in [-0.05, 0) is 27.6 Å². The second kappa shape index (κ2) is 4.83. The smallest absolute Gasteiger partial charge is 0.123 e. The average Bonchev–Trinajstić information content (AvgIpc) is 2.09. The van der Waals surface area contributed by atoms with Gasteiger partial charge < -0.3 is 4.79 Å². The summed E-state index contributed by atoms with van der Waals surface area (Å²) in [4.78, 5) is 14.0. The van der Waals surface area contributed by atoms with E-state index in [1.54, 1.807) is 12.3 Å². The molecule has 3 heteroatoms. The lowest BCUT2D eigenvalue weighted by Gasteiger charge is -1.91. The Bertz CT molecular complexity index is 279. The number of carbonyl (C=O) groups excluding carboxylic acids is 1. The highest BCUT2D eigenvalue weighted by Crippen LogP contribution is 2.07. The second-order valence-corrected chi connectivity index (χ2v) is 3.03. The number of nitrogens with zero attached hydrogens (tertiary/aromatic N) is 1. The molecule has 0 atom stereocenters. The van der Waals surface area contributed by atoms with Gasteiger partial charge in [0.2, 0.25) is 0 Å². The van der Waals surface area contributed by atoms with E-state index < -0.39 is 0 Å². The van der Waals surface area contributed by atoms with Gasteiger partial charge in [0.25, 0.3) is 0 Å². The summed E-state index contributed by atoms with van der Waals surface area (Å²) in [6, 6.07) is 3.79. The van der Waals surface area contributed by atoms with E-state index in [0.717, 1.165) is 16.5 Å². The van der Waals surface area contributed by atoms with Gasteiger partial charge in [0.15, 0.2) is 0 Å². The predicted octanol–water partition coefficient (Wildman–Crippen LogP) is 2.45. The average molecular weight is 226 g/mol. The van der Waals surface area contributed by atoms with Gasteiger partial charge in [-0.1, -0.05) is 18.2 Å². The highest BCUT2D eigenvalue weighted by Gasteiger charge is 1.87. The molecule has 1 heterocycles. The molecule has 1 aromatic rings. The van der Waals surface area contributed by atoms with Crippen molar-refractivity contribution in [2.45, 2.75) is 6.42 Å². The molecule has 12 heavy (non-hydrogen) atoms. The number of hydrogen-bond acceptors (Lipinski definition) is 2. The maximum atomic E-state index is 9.97. The van der Waals surface area contributed by atoms with Crippen LogP contribution in [0.15, 0.2) is 29.0 Å². The van der Waals surface area contributed by atoms with Crippen molar-refractivity contribution < 1.29 is 4.79 Å². The van der Waals surface area contributed by atoms with E-state index in [-0.39, 0.29) is 0 Å². The molecule has 1 rings (SSSR count). The van der Waals surface area contributed by atoms with Crippen molar-refractivity contribution in [3.8, 4) is 0 Å². The van der Waals surface area contributed by atoms with Crippen LogP contribution in [0.5, 0.6) is 0 Å². The van der Waals surface area contributed by atoms with Crippen molar-refractivity contribution in [2.75, 3.05) is 0 Å². The molecule has 0 bridgehead atoms. The molecule has 1 aromatic heterocycles. The normalized spacial score (nSPS) is 10.4. The standard InChI is InChI=1S/C9H8BrNO/c10-9-5-4-8(7-11-9)3-1-2-6-12/h1,3-7H,2H2. The van der Waals surface area contributed by atoms with Gasteiger partial charge in [-0.15, -0.1) is 0 Å². The van der Waals surface area contributed by atoms with E-state index in [0.29, 0.717) is 6.42 Å². The van der Waals surface area contributed by atoms with Crippen LogP contribution in [-0.4, -0.2) is 11.3 Å². The summed E-state index contributed by atoms with van der Waals surface area (Å²) in [6.07, 6.45) is 6.73. The summed E-state index contributed by atoms with van der Waals surface area (Å²) in [7, 11) is 0. The maximum absolute atomic E-state index is 9.97. The number of rotatable bonds is 3. The largest absolute Gasteiger partial charge is 0.303 e. The fourth-order valence-electron chi connectivity index (χ4n) is 0.746. The predicted molar refractivity (Wildman–Crippen MR) is 51.7 cm³/mol. The Balaban J connectivity index is 2.64. The molecule has 0 aromatic carbocycles. The Morgan fingerprint density at radius 1 is 1.50 bits per heavy atom. The van der Waals surface area contributed by atoms with Gasteiger partial charge >= 0.3 is 0 Å². The summed E-state index contributed by atoms with van der Waals surface area (Å²) in [5.41, 5.74) is 1.00. The van der Waals surface area contributed by atoms with Crippen LogP contribution in [0.4, 0.5) is 0 Å². The zero-order valence-electron chi connectivity index (χ0n) is 6.40. The van der Waals surface area contributed by atoms with E-state index in [1.165, 1.54) is 0 Å². The van der Waals surface area contributed by atoms with Gasteiger partial charge in [0.05, 0.1) is 0 Å². The summed E-state index contributed by atoms with van der Waals surface area (Å²) in [5, 5.41) is 0. The molecule has 0 N–H and O–H groups in total. The molecule has 2 nitrogen and oxygen atoms in total. The molecule has 0 fully saturated rings. The molecule has 0 unspecified atom stereocenters. The Hall–Kier alpha value is -0.960. The van der Waals surface area contributed by atoms with Gasteiger partial charge in [-0.3, -0.25) is 0 Å². The third-order valence-electron chi connectivity index (χ3n) is 1.29. The van der Waals surface area contributed by atoms with E-state index in [9.17, 15) is 4.79 Å². The molecule has 0 spiro atoms. The lowest BCUT2D eigenvalue weighted by atomic mass is 10.2. The highest BCUT2D eigenvalue weighted by atomic mass is 79.9. The topological polar surface area (TPSA) is 30.0 Å². The second-order valence-electron chi connectivity index (χ2n) is 2.22. The first kappa shape index (κ1) is 9.13. The summed E-state index contributed by atoms with van der Waals surface area (Å²) in [6.45, 7) is 0. The van der Waals surface area contributed by atoms with Crippen LogP contribution in [0.3, 0.4) is 0 Å². The van der Waals surface area contributed by atoms with Gasteiger partial charge in [0, 0.05) is 12.6 Å². The molecule has 0 radical (unpaired) electrons. The van der Waals surface area contributed by atoms with Crippen molar-refractivity contribution in [2.24, 2.45) is 0 Å². The van der Waals surface area contributed by atoms with Crippen molar-refractivity contribution in [3.63, 3.8) is 0 Å². The first-order valence-corrected chi connectivity index (χ1v) is 4.34. The van der Waals surface area contributed by atoms with Gasteiger partial charge in [0.1, 0.15) is 10.9 Å². The molecule has 0 saturated carbocycles. The van der Waals surface area contributed by atoms with E-state index in [4.69, 9.17) is 0 Å². The molecule has 0 aliphatic rings. The molecular weight excluding hydrogens is 218 g/mol. The molecule has 0 saturated heterocycles. The zero-order chi connectivity index (χ0) is 8.81. The lowest BCUT2D eigenvalue weighted by molar-refractivity contribution is -0.107. The number of pyridine rings is 1. The fourth-order valence-corrected chi connectivity index (χ4v) is 0.980. The quantitative estimate of drug-likeness (QED) is 0.585. The van der Waals surface area contributed by atoms with Crippen LogP contribution in [-0.2, 0) is 4.79 Å². The molecule has 0 amide bonds. The van der Waals surface area contributed by atoms with Crippen LogP contribution in [0.25, 0.3) is 6.08 Å². The minimum absolute atomic E-state index is 0.454. The Morgan fingerprint density at radius 2 is 2.33 bits per heavy atom. The Kier molecular flexibility index (Phi) is 3.67. The third kappa shape index (κ3) is 2.96. The van der Waals surface area contributed by atoms with Gasteiger partial charge in [-0.2, -0.15) is 0 Å². The number of halogens is 1. The Morgan fingerprint density at radius 3 is 2.92 bits per heavy atom. The first-order valence-electron chi connectivity index (χ1n) is 3.54. The number of aromatic nitrogens is 1. The number of hydrogen-bond donors (Lipinski definition) is 0. The van der Waals surface area contributed by atoms with E-state index in [2.05, 4.69) is 20.9 Å². The van der Waals surface area contributed by atoms with Crippen LogP contribution in [0.1, 0.15) is 12.0 Å². The van der Waals surface area contributed by atoms with Gasteiger partial charge in [-0.25, -0.2) is 4.98 Å². The number of carbonyl (C=O) groups is 1. The highest BCUT2D eigenvalue weighted by molar-refractivity contribution is 9.10. The minimum atomic E-state index is 0.454. The van der Waals surface area contributed by atoms with Crippen molar-refractivity contribution in [1.82, 2.24) is 4.98 Å². The van der Waals surface area contributed by atoms with E-state index >= 15 is 0 Å². The van der Waals surface area contributed by atoms with Crippen molar-refractivity contribution in [1.29, 1.82) is 0 Å². The third-order valence-corrected chi connectivity index (χ3v) is 1.76. The fraction of sp³-hybridized carbons (Fsp3) is 0.111. The minimum Gasteiger partial charge on any atom is -0.303 e. The summed E-state index contributed by atoms with van der Waals surface area (Å²) < 4.78 is 0.815. The molecule has 62 valence electrons. The molecular formula is C9H8BrNO. The van der Waals surface area contributed by atoms with Crippen LogP contribution < -0.4 is 0 Å². The maximum Gasteiger partial charge on any atom is 0.123 e. The Labute approximate surface area is 79.5 Å². The monoisotopic (exact) mass is 225 g/mol. The van der Waals surface area contributed by atoms with E-state index in [1.807, 2.05) is 18.2 Å². The summed E-state index contributed by atoms with van der Waals surface area (Å²) in [5.74, 6) is 0. The van der Waals surface area contributed by atoms with Crippen LogP contribution in [0.2, 0.25) is 0 Å². The summed E-state index contributed by atoms with van der Waals surface area (Å²) >= 11 is 3.24. The molecule has 0 aliphatic heterocycles. The first-order chi connectivity index (χ1) is 5.83. The zero-order valence-corrected chi connectivity index (χ0v) is 7.99.